The third-order valence-corrected chi connectivity index (χ3v) is 3.32. The smallest absolute Gasteiger partial charge is 0.337 e. The standard InChI is InChI=1S/C12H13ClO4S/c1-18-7-2-3-8(10(14)4-5-13)9(6-7)11(15)12(16)17/h2-3,6,11,15H,4-5H2,1H3,(H,16,17). The first-order chi connectivity index (χ1) is 8.51. The van der Waals surface area contributed by atoms with Crippen LogP contribution in [0.25, 0.3) is 0 Å². The second-order valence-electron chi connectivity index (χ2n) is 3.56. The van der Waals surface area contributed by atoms with Crippen molar-refractivity contribution in [2.75, 3.05) is 12.1 Å². The molecule has 1 aromatic rings. The van der Waals surface area contributed by atoms with E-state index in [1.54, 1.807) is 6.07 Å². The number of alkyl halides is 1. The number of hydrogen-bond acceptors (Lipinski definition) is 4. The van der Waals surface area contributed by atoms with Crippen LogP contribution in [0.1, 0.15) is 28.4 Å². The normalized spacial score (nSPS) is 12.2. The molecule has 4 nitrogen and oxygen atoms in total. The van der Waals surface area contributed by atoms with Crippen molar-refractivity contribution in [2.45, 2.75) is 17.4 Å². The van der Waals surface area contributed by atoms with Crippen molar-refractivity contribution in [3.8, 4) is 0 Å². The largest absolute Gasteiger partial charge is 0.479 e. The Morgan fingerprint density at radius 2 is 2.11 bits per heavy atom. The van der Waals surface area contributed by atoms with Crippen molar-refractivity contribution in [1.82, 2.24) is 0 Å². The highest BCUT2D eigenvalue weighted by Gasteiger charge is 2.22. The average molecular weight is 289 g/mol. The van der Waals surface area contributed by atoms with E-state index >= 15 is 0 Å². The number of carboxylic acids is 1. The molecule has 18 heavy (non-hydrogen) atoms. The molecule has 0 bridgehead atoms. The van der Waals surface area contributed by atoms with Gasteiger partial charge in [-0.15, -0.1) is 23.4 Å². The lowest BCUT2D eigenvalue weighted by atomic mass is 9.98. The molecule has 0 aliphatic rings. The molecule has 0 heterocycles. The van der Waals surface area contributed by atoms with E-state index in [9.17, 15) is 14.7 Å². The third kappa shape index (κ3) is 3.48. The topological polar surface area (TPSA) is 74.6 Å². The van der Waals surface area contributed by atoms with Crippen molar-refractivity contribution in [3.05, 3.63) is 29.3 Å². The Balaban J connectivity index is 3.24. The number of aliphatic carboxylic acids is 1. The van der Waals surface area contributed by atoms with Crippen molar-refractivity contribution >= 4 is 35.1 Å². The lowest BCUT2D eigenvalue weighted by Gasteiger charge is -2.12. The first-order valence-corrected chi connectivity index (χ1v) is 6.95. The monoisotopic (exact) mass is 288 g/mol. The van der Waals surface area contributed by atoms with Gasteiger partial charge in [-0.3, -0.25) is 4.79 Å². The van der Waals surface area contributed by atoms with Crippen molar-refractivity contribution in [1.29, 1.82) is 0 Å². The summed E-state index contributed by atoms with van der Waals surface area (Å²) in [6, 6.07) is 4.76. The van der Waals surface area contributed by atoms with Gasteiger partial charge in [0.2, 0.25) is 0 Å². The van der Waals surface area contributed by atoms with E-state index in [2.05, 4.69) is 0 Å². The molecule has 1 aromatic carbocycles. The number of halogens is 1. The molecule has 0 radical (unpaired) electrons. The van der Waals surface area contributed by atoms with Crippen LogP contribution in [0.5, 0.6) is 0 Å². The summed E-state index contributed by atoms with van der Waals surface area (Å²) in [5.74, 6) is -1.49. The number of ketones is 1. The molecular formula is C12H13ClO4S. The summed E-state index contributed by atoms with van der Waals surface area (Å²) >= 11 is 6.90. The maximum atomic E-state index is 11.8. The molecule has 1 rings (SSSR count). The fourth-order valence-electron chi connectivity index (χ4n) is 1.50. The summed E-state index contributed by atoms with van der Waals surface area (Å²) in [5.41, 5.74) is 0.327. The third-order valence-electron chi connectivity index (χ3n) is 2.41. The van der Waals surface area contributed by atoms with Crippen molar-refractivity contribution in [3.63, 3.8) is 0 Å². The van der Waals surface area contributed by atoms with E-state index in [1.807, 2.05) is 6.26 Å². The summed E-state index contributed by atoms with van der Waals surface area (Å²) in [6.07, 6.45) is 0.234. The van der Waals surface area contributed by atoms with Gasteiger partial charge in [0, 0.05) is 28.3 Å². The van der Waals surface area contributed by atoms with Gasteiger partial charge in [-0.1, -0.05) is 0 Å². The molecule has 0 spiro atoms. The van der Waals surface area contributed by atoms with Crippen LogP contribution in [0.15, 0.2) is 23.1 Å². The van der Waals surface area contributed by atoms with Gasteiger partial charge in [0.05, 0.1) is 0 Å². The summed E-state index contributed by atoms with van der Waals surface area (Å²) < 4.78 is 0. The highest BCUT2D eigenvalue weighted by Crippen LogP contribution is 2.25. The molecule has 1 unspecified atom stereocenters. The lowest BCUT2D eigenvalue weighted by Crippen LogP contribution is -2.15. The van der Waals surface area contributed by atoms with Crippen LogP contribution < -0.4 is 0 Å². The van der Waals surface area contributed by atoms with E-state index in [1.165, 1.54) is 23.9 Å². The molecule has 0 saturated carbocycles. The molecule has 2 N–H and O–H groups in total. The van der Waals surface area contributed by atoms with Gasteiger partial charge in [0.25, 0.3) is 0 Å². The van der Waals surface area contributed by atoms with Crippen LogP contribution >= 0.6 is 23.4 Å². The maximum Gasteiger partial charge on any atom is 0.337 e. The SMILES string of the molecule is CSc1ccc(C(=O)CCCl)c(C(O)C(=O)O)c1. The van der Waals surface area contributed by atoms with Crippen LogP contribution in [-0.4, -0.2) is 34.1 Å². The minimum atomic E-state index is -1.70. The Morgan fingerprint density at radius 3 is 2.61 bits per heavy atom. The van der Waals surface area contributed by atoms with Crippen LogP contribution in [0.2, 0.25) is 0 Å². The van der Waals surface area contributed by atoms with Gasteiger partial charge >= 0.3 is 5.97 Å². The Hall–Kier alpha value is -1.04. The Kier molecular flexibility index (Phi) is 5.65. The highest BCUT2D eigenvalue weighted by atomic mass is 35.5. The number of thioether (sulfide) groups is 1. The number of carbonyl (C=O) groups is 2. The van der Waals surface area contributed by atoms with Crippen molar-refractivity contribution < 1.29 is 19.8 Å². The molecule has 1 atom stereocenters. The van der Waals surface area contributed by atoms with E-state index in [0.717, 1.165) is 4.90 Å². The Labute approximate surface area is 114 Å². The molecular weight excluding hydrogens is 276 g/mol. The van der Waals surface area contributed by atoms with Crippen LogP contribution in [0.4, 0.5) is 0 Å². The first-order valence-electron chi connectivity index (χ1n) is 5.19. The van der Waals surface area contributed by atoms with E-state index < -0.39 is 12.1 Å². The number of aliphatic hydroxyl groups is 1. The predicted octanol–water partition coefficient (Wildman–Crippen LogP) is 2.34. The summed E-state index contributed by atoms with van der Waals surface area (Å²) in [4.78, 5) is 23.4. The fraction of sp³-hybridized carbons (Fsp3) is 0.333. The molecule has 0 aliphatic heterocycles. The minimum Gasteiger partial charge on any atom is -0.479 e. The zero-order valence-electron chi connectivity index (χ0n) is 9.72. The Bertz CT molecular complexity index is 461. The molecule has 0 fully saturated rings. The second-order valence-corrected chi connectivity index (χ2v) is 4.81. The molecule has 0 amide bonds. The van der Waals surface area contributed by atoms with Crippen molar-refractivity contribution in [2.24, 2.45) is 0 Å². The number of hydrogen-bond donors (Lipinski definition) is 2. The van der Waals surface area contributed by atoms with Gasteiger partial charge < -0.3 is 10.2 Å². The first kappa shape index (κ1) is 15.0. The van der Waals surface area contributed by atoms with Gasteiger partial charge in [-0.2, -0.15) is 0 Å². The van der Waals surface area contributed by atoms with E-state index in [-0.39, 0.29) is 29.2 Å². The number of rotatable bonds is 6. The predicted molar refractivity (Wildman–Crippen MR) is 70.5 cm³/mol. The zero-order chi connectivity index (χ0) is 13.7. The van der Waals surface area contributed by atoms with Gasteiger partial charge in [0.1, 0.15) is 0 Å². The van der Waals surface area contributed by atoms with Gasteiger partial charge in [-0.25, -0.2) is 4.79 Å². The molecule has 6 heteroatoms. The minimum absolute atomic E-state index is 0.111. The molecule has 0 aromatic heterocycles. The van der Waals surface area contributed by atoms with Gasteiger partial charge in [-0.05, 0) is 24.5 Å². The van der Waals surface area contributed by atoms with Crippen LogP contribution in [0, 0.1) is 0 Å². The van der Waals surface area contributed by atoms with Crippen LogP contribution in [0.3, 0.4) is 0 Å². The average Bonchev–Trinajstić information content (AvgIpc) is 2.37. The van der Waals surface area contributed by atoms with E-state index in [4.69, 9.17) is 16.7 Å². The number of aliphatic hydroxyl groups excluding tert-OH is 1. The van der Waals surface area contributed by atoms with Crippen LogP contribution in [-0.2, 0) is 4.79 Å². The summed E-state index contributed by atoms with van der Waals surface area (Å²) in [7, 11) is 0. The van der Waals surface area contributed by atoms with E-state index in [0.29, 0.717) is 0 Å². The molecule has 0 saturated heterocycles. The number of carboxylic acid groups (broad SMARTS) is 1. The zero-order valence-corrected chi connectivity index (χ0v) is 11.3. The number of carbonyl (C=O) groups excluding carboxylic acids is 1. The summed E-state index contributed by atoms with van der Waals surface area (Å²) in [5, 5.41) is 18.5. The second kappa shape index (κ2) is 6.78. The highest BCUT2D eigenvalue weighted by molar-refractivity contribution is 7.98. The lowest BCUT2D eigenvalue weighted by molar-refractivity contribution is -0.146. The van der Waals surface area contributed by atoms with Gasteiger partial charge in [0.15, 0.2) is 11.9 Å². The summed E-state index contributed by atoms with van der Waals surface area (Å²) in [6.45, 7) is 0. The maximum absolute atomic E-state index is 11.8. The number of benzene rings is 1. The number of Topliss-reactive ketones (excluding diaryl/α,β-unsaturated/α-hetero) is 1. The molecule has 0 aliphatic carbocycles. The Morgan fingerprint density at radius 1 is 1.44 bits per heavy atom. The fourth-order valence-corrected chi connectivity index (χ4v) is 2.12. The molecule has 98 valence electrons. The quantitative estimate of drug-likeness (QED) is 0.477.